The second-order valence-electron chi connectivity index (χ2n) is 4.27. The van der Waals surface area contributed by atoms with E-state index >= 15 is 0 Å². The van der Waals surface area contributed by atoms with Crippen LogP contribution in [0.3, 0.4) is 0 Å². The van der Waals surface area contributed by atoms with Gasteiger partial charge in [-0.1, -0.05) is 11.6 Å². The molecule has 0 aliphatic rings. The molecule has 0 N–H and O–H groups in total. The Bertz CT molecular complexity index is 691. The van der Waals surface area contributed by atoms with Crippen LogP contribution < -0.4 is 4.90 Å². The Hall–Kier alpha value is -2.01. The summed E-state index contributed by atoms with van der Waals surface area (Å²) in [5, 5.41) is 0.167. The van der Waals surface area contributed by atoms with Crippen molar-refractivity contribution < 1.29 is 18.0 Å². The molecule has 110 valence electrons. The van der Waals surface area contributed by atoms with Crippen LogP contribution in [0, 0.1) is 17.5 Å². The molecule has 2 rings (SSSR count). The maximum Gasteiger partial charge on any atom is 0.261 e. The minimum Gasteiger partial charge on any atom is -0.308 e. The molecule has 0 saturated heterocycles. The number of hydrogen-bond acceptors (Lipinski definition) is 1. The molecule has 0 atom stereocenters. The Balaban J connectivity index is 2.40. The molecule has 0 radical (unpaired) electrons. The first-order chi connectivity index (χ1) is 9.93. The highest BCUT2D eigenvalue weighted by Gasteiger charge is 2.20. The van der Waals surface area contributed by atoms with E-state index in [0.29, 0.717) is 0 Å². The van der Waals surface area contributed by atoms with Gasteiger partial charge < -0.3 is 4.90 Å². The SMILES string of the molecule is CCN(C(=O)c1ccc(Cl)cc1F)c1ccc(F)c(F)c1. The minimum absolute atomic E-state index is 0.149. The lowest BCUT2D eigenvalue weighted by molar-refractivity contribution is 0.0984. The first-order valence-corrected chi connectivity index (χ1v) is 6.53. The van der Waals surface area contributed by atoms with E-state index in [1.165, 1.54) is 18.2 Å². The Morgan fingerprint density at radius 3 is 2.33 bits per heavy atom. The van der Waals surface area contributed by atoms with Crippen molar-refractivity contribution in [3.8, 4) is 0 Å². The highest BCUT2D eigenvalue weighted by atomic mass is 35.5. The molecular weight excluding hydrogens is 303 g/mol. The molecule has 0 saturated carbocycles. The summed E-state index contributed by atoms with van der Waals surface area (Å²) in [7, 11) is 0. The summed E-state index contributed by atoms with van der Waals surface area (Å²) in [6.45, 7) is 1.82. The van der Waals surface area contributed by atoms with Gasteiger partial charge >= 0.3 is 0 Å². The van der Waals surface area contributed by atoms with Crippen LogP contribution in [0.5, 0.6) is 0 Å². The van der Waals surface area contributed by atoms with Crippen molar-refractivity contribution in [3.63, 3.8) is 0 Å². The van der Waals surface area contributed by atoms with Crippen LogP contribution in [0.15, 0.2) is 36.4 Å². The number of halogens is 4. The molecular formula is C15H11ClF3NO. The zero-order valence-electron chi connectivity index (χ0n) is 11.0. The van der Waals surface area contributed by atoms with Crippen LogP contribution in [0.1, 0.15) is 17.3 Å². The molecule has 0 aliphatic heterocycles. The molecule has 0 unspecified atom stereocenters. The number of amides is 1. The van der Waals surface area contributed by atoms with E-state index in [-0.39, 0.29) is 22.8 Å². The van der Waals surface area contributed by atoms with Gasteiger partial charge in [0.1, 0.15) is 5.82 Å². The van der Waals surface area contributed by atoms with Crippen LogP contribution in [-0.2, 0) is 0 Å². The highest BCUT2D eigenvalue weighted by Crippen LogP contribution is 2.22. The number of rotatable bonds is 3. The van der Waals surface area contributed by atoms with Gasteiger partial charge in [0, 0.05) is 23.3 Å². The van der Waals surface area contributed by atoms with Crippen molar-refractivity contribution in [2.45, 2.75) is 6.92 Å². The third-order valence-electron chi connectivity index (χ3n) is 2.94. The third kappa shape index (κ3) is 3.19. The van der Waals surface area contributed by atoms with E-state index in [1.54, 1.807) is 6.92 Å². The molecule has 2 aromatic carbocycles. The smallest absolute Gasteiger partial charge is 0.261 e. The Morgan fingerprint density at radius 1 is 1.05 bits per heavy atom. The molecule has 0 heterocycles. The summed E-state index contributed by atoms with van der Waals surface area (Å²) < 4.78 is 40.0. The van der Waals surface area contributed by atoms with E-state index in [4.69, 9.17) is 11.6 Å². The minimum atomic E-state index is -1.07. The van der Waals surface area contributed by atoms with Crippen molar-refractivity contribution in [1.29, 1.82) is 0 Å². The summed E-state index contributed by atoms with van der Waals surface area (Å²) in [4.78, 5) is 13.5. The summed E-state index contributed by atoms with van der Waals surface area (Å²) in [5.74, 6) is -3.51. The van der Waals surface area contributed by atoms with Crippen molar-refractivity contribution in [1.82, 2.24) is 0 Å². The van der Waals surface area contributed by atoms with Crippen molar-refractivity contribution in [2.24, 2.45) is 0 Å². The standard InChI is InChI=1S/C15H11ClF3NO/c1-2-20(10-4-6-12(17)14(19)8-10)15(21)11-5-3-9(16)7-13(11)18/h3-8H,2H2,1H3. The topological polar surface area (TPSA) is 20.3 Å². The second-order valence-corrected chi connectivity index (χ2v) is 4.71. The van der Waals surface area contributed by atoms with E-state index < -0.39 is 23.4 Å². The molecule has 2 nitrogen and oxygen atoms in total. The summed E-state index contributed by atoms with van der Waals surface area (Å²) >= 11 is 5.63. The van der Waals surface area contributed by atoms with E-state index in [1.807, 2.05) is 0 Å². The number of carbonyl (C=O) groups excluding carboxylic acids is 1. The third-order valence-corrected chi connectivity index (χ3v) is 3.17. The number of anilines is 1. The lowest BCUT2D eigenvalue weighted by Gasteiger charge is -2.21. The molecule has 0 aromatic heterocycles. The van der Waals surface area contributed by atoms with Crippen molar-refractivity contribution in [2.75, 3.05) is 11.4 Å². The summed E-state index contributed by atoms with van der Waals surface area (Å²) in [5.41, 5.74) is -0.0401. The maximum absolute atomic E-state index is 13.8. The van der Waals surface area contributed by atoms with Gasteiger partial charge in [-0.25, -0.2) is 13.2 Å². The average molecular weight is 314 g/mol. The Labute approximate surface area is 124 Å². The number of hydrogen-bond donors (Lipinski definition) is 0. The Morgan fingerprint density at radius 2 is 1.76 bits per heavy atom. The molecule has 0 aliphatic carbocycles. The van der Waals surface area contributed by atoms with Crippen molar-refractivity contribution >= 4 is 23.2 Å². The zero-order valence-corrected chi connectivity index (χ0v) is 11.8. The number of benzene rings is 2. The fourth-order valence-corrected chi connectivity index (χ4v) is 2.06. The van der Waals surface area contributed by atoms with Crippen LogP contribution in [0.25, 0.3) is 0 Å². The van der Waals surface area contributed by atoms with Gasteiger partial charge in [0.2, 0.25) is 0 Å². The van der Waals surface area contributed by atoms with Gasteiger partial charge in [0.05, 0.1) is 5.56 Å². The molecule has 21 heavy (non-hydrogen) atoms. The molecule has 1 amide bonds. The maximum atomic E-state index is 13.8. The predicted octanol–water partition coefficient (Wildman–Crippen LogP) is 4.42. The first kappa shape index (κ1) is 15.4. The molecule has 0 bridgehead atoms. The van der Waals surface area contributed by atoms with Crippen molar-refractivity contribution in [3.05, 3.63) is 64.4 Å². The molecule has 0 spiro atoms. The van der Waals surface area contributed by atoms with Crippen LogP contribution in [-0.4, -0.2) is 12.5 Å². The normalized spacial score (nSPS) is 10.5. The number of nitrogens with zero attached hydrogens (tertiary/aromatic N) is 1. The van der Waals surface area contributed by atoms with Crippen LogP contribution >= 0.6 is 11.6 Å². The lowest BCUT2D eigenvalue weighted by atomic mass is 10.1. The lowest BCUT2D eigenvalue weighted by Crippen LogP contribution is -2.31. The summed E-state index contributed by atoms with van der Waals surface area (Å²) in [6.07, 6.45) is 0. The average Bonchev–Trinajstić information content (AvgIpc) is 2.43. The van der Waals surface area contributed by atoms with Gasteiger partial charge in [-0.05, 0) is 37.3 Å². The Kier molecular flexibility index (Phi) is 4.53. The van der Waals surface area contributed by atoms with E-state index in [0.717, 1.165) is 23.1 Å². The highest BCUT2D eigenvalue weighted by molar-refractivity contribution is 6.30. The second kappa shape index (κ2) is 6.18. The van der Waals surface area contributed by atoms with Gasteiger partial charge in [0.15, 0.2) is 11.6 Å². The monoisotopic (exact) mass is 313 g/mol. The van der Waals surface area contributed by atoms with E-state index in [9.17, 15) is 18.0 Å². The summed E-state index contributed by atoms with van der Waals surface area (Å²) in [6, 6.07) is 6.73. The van der Waals surface area contributed by atoms with Crippen LogP contribution in [0.2, 0.25) is 5.02 Å². The largest absolute Gasteiger partial charge is 0.308 e. The fraction of sp³-hybridized carbons (Fsp3) is 0.133. The molecule has 0 fully saturated rings. The van der Waals surface area contributed by atoms with Gasteiger partial charge in [-0.3, -0.25) is 4.79 Å². The van der Waals surface area contributed by atoms with Gasteiger partial charge in [-0.15, -0.1) is 0 Å². The van der Waals surface area contributed by atoms with Gasteiger partial charge in [-0.2, -0.15) is 0 Å². The fourth-order valence-electron chi connectivity index (χ4n) is 1.90. The van der Waals surface area contributed by atoms with E-state index in [2.05, 4.69) is 0 Å². The molecule has 2 aromatic rings. The predicted molar refractivity (Wildman–Crippen MR) is 75.1 cm³/mol. The van der Waals surface area contributed by atoms with Gasteiger partial charge in [0.25, 0.3) is 5.91 Å². The number of carbonyl (C=O) groups is 1. The first-order valence-electron chi connectivity index (χ1n) is 6.16. The van der Waals surface area contributed by atoms with Crippen LogP contribution in [0.4, 0.5) is 18.9 Å². The zero-order chi connectivity index (χ0) is 15.6. The quantitative estimate of drug-likeness (QED) is 0.821. The molecule has 6 heteroatoms.